The molecule has 0 radical (unpaired) electrons. The second-order valence-corrected chi connectivity index (χ2v) is 5.52. The Hall–Kier alpha value is -0.520. The van der Waals surface area contributed by atoms with Gasteiger partial charge >= 0.3 is 0 Å². The van der Waals surface area contributed by atoms with Crippen LogP contribution < -0.4 is 0 Å². The summed E-state index contributed by atoms with van der Waals surface area (Å²) < 4.78 is 0.707. The van der Waals surface area contributed by atoms with Gasteiger partial charge in [-0.05, 0) is 5.56 Å². The molecule has 0 aliphatic heterocycles. The van der Waals surface area contributed by atoms with Crippen molar-refractivity contribution in [1.29, 1.82) is 0 Å². The molecule has 0 bridgehead atoms. The maximum absolute atomic E-state index is 4.55. The molecule has 0 saturated heterocycles. The second-order valence-electron chi connectivity index (χ2n) is 3.11. The number of hydrogen-bond donors (Lipinski definition) is 2. The predicted molar refractivity (Wildman–Crippen MR) is 69.0 cm³/mol. The molecule has 0 aliphatic rings. The minimum Gasteiger partial charge on any atom is -0.171 e. The van der Waals surface area contributed by atoms with Crippen LogP contribution in [0.25, 0.3) is 0 Å². The zero-order chi connectivity index (χ0) is 10.7. The fraction of sp³-hybridized carbons (Fsp3) is 0.200. The maximum atomic E-state index is 4.55. The van der Waals surface area contributed by atoms with Crippen molar-refractivity contribution in [2.45, 2.75) is 16.0 Å². The van der Waals surface area contributed by atoms with Crippen molar-refractivity contribution in [1.82, 2.24) is 10.2 Å². The van der Waals surface area contributed by atoms with Crippen LogP contribution in [0.1, 0.15) is 15.8 Å². The zero-order valence-electron chi connectivity index (χ0n) is 7.87. The number of aromatic nitrogens is 2. The SMILES string of the molecule is Sc1nnc(CC(S)c2ccccc2)s1. The van der Waals surface area contributed by atoms with E-state index in [1.165, 1.54) is 16.9 Å². The van der Waals surface area contributed by atoms with E-state index in [9.17, 15) is 0 Å². The van der Waals surface area contributed by atoms with Crippen LogP contribution in [0.4, 0.5) is 0 Å². The van der Waals surface area contributed by atoms with E-state index in [1.54, 1.807) is 0 Å². The summed E-state index contributed by atoms with van der Waals surface area (Å²) in [6.07, 6.45) is 0.797. The summed E-state index contributed by atoms with van der Waals surface area (Å²) in [5.74, 6) is 0. The third-order valence-electron chi connectivity index (χ3n) is 2.01. The van der Waals surface area contributed by atoms with Crippen molar-refractivity contribution < 1.29 is 0 Å². The molecule has 1 atom stereocenters. The highest BCUT2D eigenvalue weighted by molar-refractivity contribution is 7.82. The lowest BCUT2D eigenvalue weighted by Crippen LogP contribution is -1.95. The quantitative estimate of drug-likeness (QED) is 0.823. The van der Waals surface area contributed by atoms with E-state index in [2.05, 4.69) is 47.6 Å². The summed E-state index contributed by atoms with van der Waals surface area (Å²) in [6, 6.07) is 10.2. The van der Waals surface area contributed by atoms with E-state index in [0.717, 1.165) is 11.4 Å². The Morgan fingerprint density at radius 2 is 1.93 bits per heavy atom. The number of thiol groups is 2. The van der Waals surface area contributed by atoms with Gasteiger partial charge < -0.3 is 0 Å². The molecule has 1 aromatic carbocycles. The van der Waals surface area contributed by atoms with Gasteiger partial charge in [0.2, 0.25) is 0 Å². The monoisotopic (exact) mass is 254 g/mol. The van der Waals surface area contributed by atoms with Crippen LogP contribution in [0, 0.1) is 0 Å². The molecule has 2 nitrogen and oxygen atoms in total. The molecule has 0 spiro atoms. The molecule has 0 saturated carbocycles. The minimum absolute atomic E-state index is 0.173. The molecule has 1 unspecified atom stereocenters. The van der Waals surface area contributed by atoms with Gasteiger partial charge in [-0.1, -0.05) is 41.7 Å². The Kier molecular flexibility index (Phi) is 3.66. The van der Waals surface area contributed by atoms with Crippen molar-refractivity contribution in [2.75, 3.05) is 0 Å². The Morgan fingerprint density at radius 3 is 2.53 bits per heavy atom. The molecular weight excluding hydrogens is 244 g/mol. The number of benzene rings is 1. The summed E-state index contributed by atoms with van der Waals surface area (Å²) in [7, 11) is 0. The molecule has 1 heterocycles. The number of rotatable bonds is 3. The average Bonchev–Trinajstić information content (AvgIpc) is 2.65. The fourth-order valence-electron chi connectivity index (χ4n) is 1.29. The minimum atomic E-state index is 0.173. The number of nitrogens with zero attached hydrogens (tertiary/aromatic N) is 2. The Bertz CT molecular complexity index is 427. The largest absolute Gasteiger partial charge is 0.171 e. The standard InChI is InChI=1S/C10H10N2S3/c13-8(7-4-2-1-3-5-7)6-9-11-12-10(14)15-9/h1-5,8,13H,6H2,(H,12,14). The van der Waals surface area contributed by atoms with Gasteiger partial charge in [-0.2, -0.15) is 12.6 Å². The first-order valence-electron chi connectivity index (χ1n) is 4.50. The highest BCUT2D eigenvalue weighted by Gasteiger charge is 2.10. The van der Waals surface area contributed by atoms with Crippen molar-refractivity contribution >= 4 is 36.6 Å². The van der Waals surface area contributed by atoms with Gasteiger partial charge in [0, 0.05) is 11.7 Å². The lowest BCUT2D eigenvalue weighted by Gasteiger charge is -2.07. The molecule has 2 rings (SSSR count). The van der Waals surface area contributed by atoms with Gasteiger partial charge in [-0.25, -0.2) is 0 Å². The zero-order valence-corrected chi connectivity index (χ0v) is 10.5. The van der Waals surface area contributed by atoms with Gasteiger partial charge in [-0.15, -0.1) is 22.8 Å². The van der Waals surface area contributed by atoms with Gasteiger partial charge in [-0.3, -0.25) is 0 Å². The number of hydrogen-bond acceptors (Lipinski definition) is 5. The van der Waals surface area contributed by atoms with Crippen LogP contribution in [-0.2, 0) is 6.42 Å². The first-order valence-corrected chi connectivity index (χ1v) is 6.28. The van der Waals surface area contributed by atoms with Gasteiger partial charge in [0.25, 0.3) is 0 Å². The maximum Gasteiger partial charge on any atom is 0.171 e. The smallest absolute Gasteiger partial charge is 0.171 e. The third-order valence-corrected chi connectivity index (χ3v) is 3.60. The molecule has 15 heavy (non-hydrogen) atoms. The van der Waals surface area contributed by atoms with Gasteiger partial charge in [0.05, 0.1) is 0 Å². The Balaban J connectivity index is 2.07. The van der Waals surface area contributed by atoms with Gasteiger partial charge in [0.1, 0.15) is 5.01 Å². The molecule has 0 fully saturated rings. The summed E-state index contributed by atoms with van der Waals surface area (Å²) in [6.45, 7) is 0. The summed E-state index contributed by atoms with van der Waals surface area (Å²) in [5.41, 5.74) is 1.21. The molecule has 2 aromatic rings. The average molecular weight is 254 g/mol. The summed E-state index contributed by atoms with van der Waals surface area (Å²) >= 11 is 10.2. The van der Waals surface area contributed by atoms with Crippen molar-refractivity contribution in [3.8, 4) is 0 Å². The van der Waals surface area contributed by atoms with Crippen LogP contribution >= 0.6 is 36.6 Å². The lowest BCUT2D eigenvalue weighted by molar-refractivity contribution is 0.878. The van der Waals surface area contributed by atoms with E-state index in [4.69, 9.17) is 0 Å². The molecule has 0 amide bonds. The van der Waals surface area contributed by atoms with Crippen LogP contribution in [0.2, 0.25) is 0 Å². The summed E-state index contributed by atoms with van der Waals surface area (Å²) in [4.78, 5) is 0. The van der Waals surface area contributed by atoms with Gasteiger partial charge in [0.15, 0.2) is 4.34 Å². The highest BCUT2D eigenvalue weighted by Crippen LogP contribution is 2.26. The Labute approximate surface area is 104 Å². The normalized spacial score (nSPS) is 12.7. The first-order chi connectivity index (χ1) is 7.25. The second kappa shape index (κ2) is 5.01. The molecule has 5 heteroatoms. The first kappa shape index (κ1) is 11.0. The molecule has 78 valence electrons. The van der Waals surface area contributed by atoms with Crippen LogP contribution in [0.5, 0.6) is 0 Å². The predicted octanol–water partition coefficient (Wildman–Crippen LogP) is 3.04. The van der Waals surface area contributed by atoms with Crippen LogP contribution in [0.15, 0.2) is 34.7 Å². The lowest BCUT2D eigenvalue weighted by atomic mass is 10.1. The third kappa shape index (κ3) is 2.96. The van der Waals surface area contributed by atoms with E-state index in [1.807, 2.05) is 18.2 Å². The van der Waals surface area contributed by atoms with E-state index in [0.29, 0.717) is 4.34 Å². The molecule has 1 aromatic heterocycles. The van der Waals surface area contributed by atoms with Crippen molar-refractivity contribution in [2.24, 2.45) is 0 Å². The Morgan fingerprint density at radius 1 is 1.20 bits per heavy atom. The van der Waals surface area contributed by atoms with Crippen LogP contribution in [0.3, 0.4) is 0 Å². The molecular formula is C10H10N2S3. The van der Waals surface area contributed by atoms with Crippen molar-refractivity contribution in [3.63, 3.8) is 0 Å². The van der Waals surface area contributed by atoms with Crippen molar-refractivity contribution in [3.05, 3.63) is 40.9 Å². The van der Waals surface area contributed by atoms with E-state index < -0.39 is 0 Å². The van der Waals surface area contributed by atoms with E-state index >= 15 is 0 Å². The topological polar surface area (TPSA) is 25.8 Å². The van der Waals surface area contributed by atoms with Crippen LogP contribution in [-0.4, -0.2) is 10.2 Å². The molecule has 0 N–H and O–H groups in total. The summed E-state index contributed by atoms with van der Waals surface area (Å²) in [5, 5.41) is 9.04. The molecule has 0 aliphatic carbocycles. The van der Waals surface area contributed by atoms with E-state index in [-0.39, 0.29) is 5.25 Å². The highest BCUT2D eigenvalue weighted by atomic mass is 32.2. The fourth-order valence-corrected chi connectivity index (χ4v) is 2.74.